The Hall–Kier alpha value is -1.56. The third kappa shape index (κ3) is 4.50. The highest BCUT2D eigenvalue weighted by molar-refractivity contribution is 5.97. The van der Waals surface area contributed by atoms with E-state index in [1.807, 2.05) is 31.2 Å². The topological polar surface area (TPSA) is 67.2 Å². The largest absolute Gasteiger partial charge is 0.443 e. The van der Waals surface area contributed by atoms with Crippen molar-refractivity contribution in [1.82, 2.24) is 15.6 Å². The summed E-state index contributed by atoms with van der Waals surface area (Å²) in [4.78, 5) is 16.6. The number of piperidine rings is 1. The maximum Gasteiger partial charge on any atom is 0.274 e. The first kappa shape index (κ1) is 20.5. The number of hydrogen-bond donors (Lipinski definition) is 2. The van der Waals surface area contributed by atoms with Gasteiger partial charge in [-0.25, -0.2) is 4.98 Å². The van der Waals surface area contributed by atoms with Gasteiger partial charge in [0.25, 0.3) is 5.91 Å². The predicted molar refractivity (Wildman–Crippen MR) is 99.1 cm³/mol. The second-order valence-electron chi connectivity index (χ2n) is 5.86. The molecule has 0 spiro atoms. The minimum absolute atomic E-state index is 0. The van der Waals surface area contributed by atoms with Gasteiger partial charge in [-0.15, -0.1) is 24.8 Å². The summed E-state index contributed by atoms with van der Waals surface area (Å²) >= 11 is 0. The Bertz CT molecular complexity index is 658. The number of halogens is 2. The fourth-order valence-electron chi connectivity index (χ4n) is 2.80. The van der Waals surface area contributed by atoms with Crippen LogP contribution in [0.5, 0.6) is 0 Å². The van der Waals surface area contributed by atoms with Gasteiger partial charge in [0.2, 0.25) is 0 Å². The Morgan fingerprint density at radius 3 is 2.67 bits per heavy atom. The second kappa shape index (κ2) is 9.06. The van der Waals surface area contributed by atoms with Gasteiger partial charge >= 0.3 is 0 Å². The number of hydrogen-bond acceptors (Lipinski definition) is 4. The number of benzene rings is 1. The summed E-state index contributed by atoms with van der Waals surface area (Å²) in [5.74, 6) is 0.346. The Morgan fingerprint density at radius 2 is 2.00 bits per heavy atom. The molecule has 1 aromatic carbocycles. The summed E-state index contributed by atoms with van der Waals surface area (Å²) in [5.41, 5.74) is 2.38. The molecule has 1 saturated heterocycles. The van der Waals surface area contributed by atoms with Crippen LogP contribution in [0.25, 0.3) is 11.3 Å². The molecule has 0 aliphatic carbocycles. The van der Waals surface area contributed by atoms with Crippen molar-refractivity contribution in [3.05, 3.63) is 41.9 Å². The van der Waals surface area contributed by atoms with Crippen LogP contribution in [0.15, 0.2) is 35.1 Å². The van der Waals surface area contributed by atoms with E-state index in [2.05, 4.69) is 22.5 Å². The maximum atomic E-state index is 12.5. The monoisotopic (exact) mass is 371 g/mol. The molecule has 1 aliphatic heterocycles. The molecule has 2 heterocycles. The summed E-state index contributed by atoms with van der Waals surface area (Å²) in [6, 6.07) is 8.27. The molecule has 2 unspecified atom stereocenters. The predicted octanol–water partition coefficient (Wildman–Crippen LogP) is 3.36. The van der Waals surface area contributed by atoms with Gasteiger partial charge in [-0.1, -0.05) is 29.8 Å². The van der Waals surface area contributed by atoms with Gasteiger partial charge in [0, 0.05) is 17.6 Å². The number of aromatic nitrogens is 1. The molecule has 3 rings (SSSR count). The number of rotatable bonds is 3. The smallest absolute Gasteiger partial charge is 0.274 e. The van der Waals surface area contributed by atoms with Crippen LogP contribution in [-0.4, -0.2) is 29.5 Å². The lowest BCUT2D eigenvalue weighted by molar-refractivity contribution is 0.0915. The first-order valence-corrected chi connectivity index (χ1v) is 7.70. The molecule has 2 N–H and O–H groups in total. The lowest BCUT2D eigenvalue weighted by Crippen LogP contribution is -2.52. The van der Waals surface area contributed by atoms with Crippen LogP contribution in [0, 0.1) is 6.92 Å². The molecule has 1 aromatic heterocycles. The Labute approximate surface area is 154 Å². The zero-order valence-corrected chi connectivity index (χ0v) is 15.4. The fourth-order valence-corrected chi connectivity index (χ4v) is 2.80. The van der Waals surface area contributed by atoms with Crippen LogP contribution < -0.4 is 10.6 Å². The van der Waals surface area contributed by atoms with Gasteiger partial charge in [0.05, 0.1) is 0 Å². The summed E-state index contributed by atoms with van der Waals surface area (Å²) in [7, 11) is 0. The SMILES string of the molecule is Cc1ccc(-c2ocnc2C(=O)NC2CCCNC2C)cc1.Cl.Cl. The average molecular weight is 372 g/mol. The maximum absolute atomic E-state index is 12.5. The van der Waals surface area contributed by atoms with Crippen LogP contribution >= 0.6 is 24.8 Å². The summed E-state index contributed by atoms with van der Waals surface area (Å²) < 4.78 is 5.44. The highest BCUT2D eigenvalue weighted by Gasteiger charge is 2.25. The van der Waals surface area contributed by atoms with Crippen LogP contribution in [0.1, 0.15) is 35.8 Å². The Balaban J connectivity index is 0.00000144. The highest BCUT2D eigenvalue weighted by atomic mass is 35.5. The normalized spacial score (nSPS) is 19.8. The van der Waals surface area contributed by atoms with Crippen LogP contribution in [-0.2, 0) is 0 Å². The molecule has 24 heavy (non-hydrogen) atoms. The number of amides is 1. The zero-order valence-electron chi connectivity index (χ0n) is 13.7. The van der Waals surface area contributed by atoms with Crippen LogP contribution in [0.4, 0.5) is 0 Å². The standard InChI is InChI=1S/C17H21N3O2.2ClH/c1-11-5-7-13(8-6-11)16-15(19-10-22-16)17(21)20-14-4-3-9-18-12(14)2;;/h5-8,10,12,14,18H,3-4,9H2,1-2H3,(H,20,21);2*1H. The zero-order chi connectivity index (χ0) is 15.5. The van der Waals surface area contributed by atoms with Crippen molar-refractivity contribution >= 4 is 30.7 Å². The quantitative estimate of drug-likeness (QED) is 0.867. The van der Waals surface area contributed by atoms with Crippen molar-refractivity contribution in [3.63, 3.8) is 0 Å². The van der Waals surface area contributed by atoms with Crippen molar-refractivity contribution in [3.8, 4) is 11.3 Å². The number of nitrogens with one attached hydrogen (secondary N) is 2. The summed E-state index contributed by atoms with van der Waals surface area (Å²) in [5, 5.41) is 6.45. The molecule has 1 aliphatic rings. The van der Waals surface area contributed by atoms with E-state index in [4.69, 9.17) is 4.42 Å². The van der Waals surface area contributed by atoms with E-state index >= 15 is 0 Å². The highest BCUT2D eigenvalue weighted by Crippen LogP contribution is 2.23. The number of aryl methyl sites for hydroxylation is 1. The third-order valence-corrected chi connectivity index (χ3v) is 4.17. The van der Waals surface area contributed by atoms with E-state index in [-0.39, 0.29) is 42.8 Å². The molecule has 1 amide bonds. The molecule has 132 valence electrons. The van der Waals surface area contributed by atoms with Crippen molar-refractivity contribution in [1.29, 1.82) is 0 Å². The van der Waals surface area contributed by atoms with E-state index in [0.29, 0.717) is 11.5 Å². The van der Waals surface area contributed by atoms with E-state index in [1.54, 1.807) is 0 Å². The van der Waals surface area contributed by atoms with Gasteiger partial charge < -0.3 is 15.1 Å². The first-order chi connectivity index (χ1) is 10.6. The van der Waals surface area contributed by atoms with Crippen molar-refractivity contribution in [2.45, 2.75) is 38.8 Å². The van der Waals surface area contributed by atoms with Gasteiger partial charge in [-0.2, -0.15) is 0 Å². The number of carbonyl (C=O) groups excluding carboxylic acids is 1. The Kier molecular flexibility index (Phi) is 7.73. The van der Waals surface area contributed by atoms with E-state index in [9.17, 15) is 4.79 Å². The number of oxazole rings is 1. The second-order valence-corrected chi connectivity index (χ2v) is 5.86. The molecule has 0 saturated carbocycles. The van der Waals surface area contributed by atoms with Crippen molar-refractivity contribution in [2.24, 2.45) is 0 Å². The lowest BCUT2D eigenvalue weighted by atomic mass is 9.99. The van der Waals surface area contributed by atoms with Crippen molar-refractivity contribution in [2.75, 3.05) is 6.54 Å². The average Bonchev–Trinajstić information content (AvgIpc) is 3.00. The fraction of sp³-hybridized carbons (Fsp3) is 0.412. The molecule has 1 fully saturated rings. The first-order valence-electron chi connectivity index (χ1n) is 7.70. The minimum Gasteiger partial charge on any atom is -0.443 e. The Morgan fingerprint density at radius 1 is 1.29 bits per heavy atom. The van der Waals surface area contributed by atoms with Crippen LogP contribution in [0.2, 0.25) is 0 Å². The molecule has 2 atom stereocenters. The molecule has 2 aromatic rings. The van der Waals surface area contributed by atoms with Gasteiger partial charge in [-0.3, -0.25) is 4.79 Å². The van der Waals surface area contributed by atoms with Gasteiger partial charge in [0.1, 0.15) is 0 Å². The number of nitrogens with zero attached hydrogens (tertiary/aromatic N) is 1. The minimum atomic E-state index is -0.176. The molecular formula is C17H23Cl2N3O2. The van der Waals surface area contributed by atoms with Gasteiger partial charge in [-0.05, 0) is 33.2 Å². The summed E-state index contributed by atoms with van der Waals surface area (Å²) in [6.45, 7) is 5.12. The van der Waals surface area contributed by atoms with Crippen LogP contribution in [0.3, 0.4) is 0 Å². The molecular weight excluding hydrogens is 349 g/mol. The summed E-state index contributed by atoms with van der Waals surface area (Å²) in [6.07, 6.45) is 3.38. The third-order valence-electron chi connectivity index (χ3n) is 4.17. The van der Waals surface area contributed by atoms with E-state index < -0.39 is 0 Å². The number of carbonyl (C=O) groups is 1. The van der Waals surface area contributed by atoms with Gasteiger partial charge in [0.15, 0.2) is 17.8 Å². The van der Waals surface area contributed by atoms with E-state index in [0.717, 1.165) is 30.5 Å². The molecule has 5 nitrogen and oxygen atoms in total. The molecule has 7 heteroatoms. The molecule has 0 radical (unpaired) electrons. The lowest BCUT2D eigenvalue weighted by Gasteiger charge is -2.30. The molecule has 0 bridgehead atoms. The van der Waals surface area contributed by atoms with E-state index in [1.165, 1.54) is 6.39 Å². The van der Waals surface area contributed by atoms with Crippen molar-refractivity contribution < 1.29 is 9.21 Å².